The zero-order valence-corrected chi connectivity index (χ0v) is 22.9. The fourth-order valence-corrected chi connectivity index (χ4v) is 6.27. The van der Waals surface area contributed by atoms with Gasteiger partial charge < -0.3 is 0 Å². The third kappa shape index (κ3) is 3.57. The maximum Gasteiger partial charge on any atom is 0.238 e. The van der Waals surface area contributed by atoms with Crippen LogP contribution >= 0.6 is 0 Å². The van der Waals surface area contributed by atoms with E-state index in [4.69, 9.17) is 24.9 Å². The van der Waals surface area contributed by atoms with Crippen molar-refractivity contribution < 1.29 is 0 Å². The molecular weight excluding hydrogens is 528 g/mol. The second kappa shape index (κ2) is 9.26. The summed E-state index contributed by atoms with van der Waals surface area (Å²) in [6, 6.07) is 41.4. The Labute approximate surface area is 246 Å². The SMILES string of the molecule is c1ccc(-c2nc(-c3ccccc3)nc(-n3c4ccccc4c4ccc5c6nccnc6c6ccccc6c5c43)n2)cc1. The molecule has 0 atom stereocenters. The molecule has 0 bridgehead atoms. The fourth-order valence-electron chi connectivity index (χ4n) is 6.27. The van der Waals surface area contributed by atoms with Gasteiger partial charge in [-0.05, 0) is 11.5 Å². The van der Waals surface area contributed by atoms with E-state index in [-0.39, 0.29) is 0 Å². The lowest BCUT2D eigenvalue weighted by atomic mass is 9.97. The first-order chi connectivity index (χ1) is 21.3. The molecule has 6 heteroatoms. The molecule has 0 N–H and O–H groups in total. The van der Waals surface area contributed by atoms with Crippen LogP contribution in [0.3, 0.4) is 0 Å². The lowest BCUT2D eigenvalue weighted by molar-refractivity contribution is 0.955. The van der Waals surface area contributed by atoms with Gasteiger partial charge in [0.15, 0.2) is 11.6 Å². The Kier molecular flexibility index (Phi) is 5.10. The third-order valence-electron chi connectivity index (χ3n) is 8.13. The number of hydrogen-bond acceptors (Lipinski definition) is 5. The molecule has 0 aliphatic carbocycles. The third-order valence-corrected chi connectivity index (χ3v) is 8.13. The lowest BCUT2D eigenvalue weighted by Gasteiger charge is -2.14. The van der Waals surface area contributed by atoms with Crippen molar-refractivity contribution in [3.05, 3.63) is 134 Å². The number of aromatic nitrogens is 6. The van der Waals surface area contributed by atoms with Crippen LogP contribution in [-0.2, 0) is 0 Å². The van der Waals surface area contributed by atoms with Crippen molar-refractivity contribution in [2.45, 2.75) is 0 Å². The Hall–Kier alpha value is -6.01. The monoisotopic (exact) mass is 550 g/mol. The van der Waals surface area contributed by atoms with E-state index in [1.165, 1.54) is 0 Å². The summed E-state index contributed by atoms with van der Waals surface area (Å²) in [4.78, 5) is 24.8. The molecule has 0 amide bonds. The zero-order valence-electron chi connectivity index (χ0n) is 22.9. The molecule has 3 aromatic heterocycles. The highest BCUT2D eigenvalue weighted by atomic mass is 15.2. The molecular formula is C37H22N6. The van der Waals surface area contributed by atoms with Crippen LogP contribution in [0.15, 0.2) is 134 Å². The van der Waals surface area contributed by atoms with E-state index < -0.39 is 0 Å². The molecule has 9 aromatic rings. The fraction of sp³-hybridized carbons (Fsp3) is 0. The number of benzene rings is 6. The van der Waals surface area contributed by atoms with Crippen molar-refractivity contribution in [2.24, 2.45) is 0 Å². The van der Waals surface area contributed by atoms with Gasteiger partial charge >= 0.3 is 0 Å². The van der Waals surface area contributed by atoms with E-state index in [1.54, 1.807) is 12.4 Å². The molecule has 0 saturated carbocycles. The van der Waals surface area contributed by atoms with Crippen LogP contribution in [0.5, 0.6) is 0 Å². The second-order valence-corrected chi connectivity index (χ2v) is 10.6. The van der Waals surface area contributed by atoms with E-state index in [0.717, 1.165) is 65.5 Å². The van der Waals surface area contributed by atoms with Crippen molar-refractivity contribution in [3.8, 4) is 28.7 Å². The molecule has 9 rings (SSSR count). The van der Waals surface area contributed by atoms with Crippen LogP contribution in [-0.4, -0.2) is 29.5 Å². The molecule has 0 radical (unpaired) electrons. The minimum atomic E-state index is 0.565. The molecule has 0 fully saturated rings. The van der Waals surface area contributed by atoms with Gasteiger partial charge in [0.25, 0.3) is 0 Å². The van der Waals surface area contributed by atoms with Gasteiger partial charge in [0.05, 0.1) is 22.1 Å². The summed E-state index contributed by atoms with van der Waals surface area (Å²) < 4.78 is 2.20. The largest absolute Gasteiger partial charge is 0.277 e. The highest BCUT2D eigenvalue weighted by molar-refractivity contribution is 6.32. The molecule has 0 spiro atoms. The molecule has 43 heavy (non-hydrogen) atoms. The van der Waals surface area contributed by atoms with Gasteiger partial charge in [0.1, 0.15) is 0 Å². The second-order valence-electron chi connectivity index (χ2n) is 10.6. The van der Waals surface area contributed by atoms with E-state index >= 15 is 0 Å². The molecule has 0 saturated heterocycles. The van der Waals surface area contributed by atoms with E-state index in [2.05, 4.69) is 65.2 Å². The van der Waals surface area contributed by atoms with Crippen molar-refractivity contribution in [1.82, 2.24) is 29.5 Å². The van der Waals surface area contributed by atoms with Crippen molar-refractivity contribution in [2.75, 3.05) is 0 Å². The van der Waals surface area contributed by atoms with Crippen LogP contribution in [0.1, 0.15) is 0 Å². The van der Waals surface area contributed by atoms with Gasteiger partial charge in [-0.15, -0.1) is 0 Å². The van der Waals surface area contributed by atoms with Crippen molar-refractivity contribution in [1.29, 1.82) is 0 Å². The topological polar surface area (TPSA) is 69.4 Å². The standard InChI is InChI=1S/C37H22N6/c1-3-11-23(12-4-1)35-40-36(24-13-5-2-6-14-24)42-37(41-35)43-30-18-10-9-15-25(30)28-19-20-29-31(34(28)43)26-16-7-8-17-27(26)32-33(29)39-22-21-38-32/h1-22H. The molecule has 3 heterocycles. The first-order valence-corrected chi connectivity index (χ1v) is 14.2. The van der Waals surface area contributed by atoms with Gasteiger partial charge in [0.2, 0.25) is 5.95 Å². The van der Waals surface area contributed by atoms with Gasteiger partial charge in [-0.2, -0.15) is 9.97 Å². The van der Waals surface area contributed by atoms with Crippen molar-refractivity contribution >= 4 is 54.4 Å². The highest BCUT2D eigenvalue weighted by Crippen LogP contribution is 2.41. The smallest absolute Gasteiger partial charge is 0.238 e. The van der Waals surface area contributed by atoms with Crippen molar-refractivity contribution in [3.63, 3.8) is 0 Å². The summed E-state index contributed by atoms with van der Waals surface area (Å²) in [5.41, 5.74) is 5.69. The molecule has 200 valence electrons. The van der Waals surface area contributed by atoms with E-state index in [9.17, 15) is 0 Å². The van der Waals surface area contributed by atoms with Crippen LogP contribution in [0.25, 0.3) is 83.1 Å². The van der Waals surface area contributed by atoms with Crippen LogP contribution in [0, 0.1) is 0 Å². The summed E-state index contributed by atoms with van der Waals surface area (Å²) in [7, 11) is 0. The van der Waals surface area contributed by atoms with Gasteiger partial charge in [-0.25, -0.2) is 4.98 Å². The minimum absolute atomic E-state index is 0.565. The van der Waals surface area contributed by atoms with Crippen LogP contribution in [0.2, 0.25) is 0 Å². The van der Waals surface area contributed by atoms with Crippen LogP contribution in [0.4, 0.5) is 0 Å². The summed E-state index contributed by atoms with van der Waals surface area (Å²) in [6.07, 6.45) is 3.53. The van der Waals surface area contributed by atoms with E-state index in [0.29, 0.717) is 17.6 Å². The Morgan fingerprint density at radius 3 is 1.63 bits per heavy atom. The van der Waals surface area contributed by atoms with Crippen LogP contribution < -0.4 is 0 Å². The Morgan fingerprint density at radius 1 is 0.419 bits per heavy atom. The maximum atomic E-state index is 5.13. The zero-order chi connectivity index (χ0) is 28.3. The van der Waals surface area contributed by atoms with Gasteiger partial charge in [-0.1, -0.05) is 115 Å². The Balaban J connectivity index is 1.49. The quantitative estimate of drug-likeness (QED) is 0.206. The Morgan fingerprint density at radius 2 is 0.953 bits per heavy atom. The minimum Gasteiger partial charge on any atom is -0.277 e. The normalized spacial score (nSPS) is 11.7. The molecule has 6 aromatic carbocycles. The number of para-hydroxylation sites is 1. The summed E-state index contributed by atoms with van der Waals surface area (Å²) in [5, 5.41) is 6.57. The Bertz CT molecular complexity index is 2410. The lowest BCUT2D eigenvalue weighted by Crippen LogP contribution is -2.06. The predicted molar refractivity (Wildman–Crippen MR) is 173 cm³/mol. The highest BCUT2D eigenvalue weighted by Gasteiger charge is 2.22. The first-order valence-electron chi connectivity index (χ1n) is 14.2. The molecule has 6 nitrogen and oxygen atoms in total. The van der Waals surface area contributed by atoms with Gasteiger partial charge in [-0.3, -0.25) is 14.5 Å². The predicted octanol–water partition coefficient (Wildman–Crippen LogP) is 8.55. The summed E-state index contributed by atoms with van der Waals surface area (Å²) in [6.45, 7) is 0. The number of rotatable bonds is 3. The molecule has 0 aliphatic heterocycles. The van der Waals surface area contributed by atoms with Gasteiger partial charge in [0, 0.05) is 50.5 Å². The first kappa shape index (κ1) is 23.7. The summed E-state index contributed by atoms with van der Waals surface area (Å²) in [5.74, 6) is 1.81. The maximum absolute atomic E-state index is 5.13. The summed E-state index contributed by atoms with van der Waals surface area (Å²) >= 11 is 0. The van der Waals surface area contributed by atoms with E-state index in [1.807, 2.05) is 60.7 Å². The average Bonchev–Trinajstić information content (AvgIpc) is 3.43. The molecule has 0 aliphatic rings. The number of hydrogen-bond donors (Lipinski definition) is 0. The average molecular weight is 551 g/mol. The number of fused-ring (bicyclic) bond motifs is 10. The number of nitrogens with zero attached hydrogens (tertiary/aromatic N) is 6. The molecule has 0 unspecified atom stereocenters.